The molecule has 0 radical (unpaired) electrons. The minimum Gasteiger partial charge on any atom is -0.381 e. The van der Waals surface area contributed by atoms with Gasteiger partial charge >= 0.3 is 0 Å². The predicted molar refractivity (Wildman–Crippen MR) is 67.8 cm³/mol. The zero-order valence-electron chi connectivity index (χ0n) is 10.3. The summed E-state index contributed by atoms with van der Waals surface area (Å²) in [7, 11) is 1.72. The molecule has 1 aliphatic rings. The normalized spacial score (nSPS) is 23.9. The average Bonchev–Trinajstić information content (AvgIpc) is 2.92. The monoisotopic (exact) mass is 249 g/mol. The van der Waals surface area contributed by atoms with Gasteiger partial charge in [0.25, 0.3) is 0 Å². The van der Waals surface area contributed by atoms with Crippen LogP contribution in [-0.2, 0) is 4.74 Å². The molecule has 0 bridgehead atoms. The summed E-state index contributed by atoms with van der Waals surface area (Å²) in [5, 5.41) is 0. The van der Waals surface area contributed by atoms with Gasteiger partial charge in [0.1, 0.15) is 5.82 Å². The number of ether oxygens (including phenoxy) is 1. The molecule has 4 nitrogen and oxygen atoms in total. The van der Waals surface area contributed by atoms with E-state index in [0.29, 0.717) is 5.95 Å². The average molecular weight is 249 g/mol. The van der Waals surface area contributed by atoms with E-state index in [-0.39, 0.29) is 18.0 Å². The number of rotatable bonds is 2. The van der Waals surface area contributed by atoms with Gasteiger partial charge in [-0.15, -0.1) is 0 Å². The van der Waals surface area contributed by atoms with Crippen LogP contribution in [0.2, 0.25) is 0 Å². The standard InChI is InChI=1S/C13H16FN3O/c1-18-10-4-3-9(7-10)17-12-6-8(14)2-5-11(12)16-13(17)15/h2,5-6,9-10H,3-4,7H2,1H3,(H2,15,16). The first-order chi connectivity index (χ1) is 8.69. The van der Waals surface area contributed by atoms with Crippen LogP contribution in [0.4, 0.5) is 10.3 Å². The number of anilines is 1. The van der Waals surface area contributed by atoms with E-state index in [2.05, 4.69) is 4.98 Å². The first kappa shape index (κ1) is 11.5. The second kappa shape index (κ2) is 4.24. The maximum Gasteiger partial charge on any atom is 0.201 e. The van der Waals surface area contributed by atoms with Crippen molar-refractivity contribution in [3.05, 3.63) is 24.0 Å². The smallest absolute Gasteiger partial charge is 0.201 e. The molecule has 1 fully saturated rings. The Balaban J connectivity index is 2.05. The molecule has 96 valence electrons. The lowest BCUT2D eigenvalue weighted by Crippen LogP contribution is -2.11. The fourth-order valence-electron chi connectivity index (χ4n) is 2.83. The van der Waals surface area contributed by atoms with E-state index in [1.807, 2.05) is 4.57 Å². The largest absolute Gasteiger partial charge is 0.381 e. The Labute approximate surface area is 105 Å². The molecule has 0 aliphatic heterocycles. The minimum atomic E-state index is -0.259. The first-order valence-corrected chi connectivity index (χ1v) is 6.15. The van der Waals surface area contributed by atoms with Crippen molar-refractivity contribution in [2.75, 3.05) is 12.8 Å². The van der Waals surface area contributed by atoms with Gasteiger partial charge in [-0.3, -0.25) is 0 Å². The molecular weight excluding hydrogens is 233 g/mol. The maximum absolute atomic E-state index is 13.3. The van der Waals surface area contributed by atoms with Gasteiger partial charge in [0.05, 0.1) is 17.1 Å². The number of methoxy groups -OCH3 is 1. The van der Waals surface area contributed by atoms with E-state index in [4.69, 9.17) is 10.5 Å². The lowest BCUT2D eigenvalue weighted by atomic mass is 10.2. The summed E-state index contributed by atoms with van der Waals surface area (Å²) >= 11 is 0. The molecule has 2 aromatic rings. The Morgan fingerprint density at radius 1 is 1.44 bits per heavy atom. The lowest BCUT2D eigenvalue weighted by Gasteiger charge is -2.15. The first-order valence-electron chi connectivity index (χ1n) is 6.15. The molecule has 2 unspecified atom stereocenters. The number of nitrogens with two attached hydrogens (primary N) is 1. The fourth-order valence-corrected chi connectivity index (χ4v) is 2.83. The molecule has 1 aromatic carbocycles. The van der Waals surface area contributed by atoms with Crippen molar-refractivity contribution in [1.82, 2.24) is 9.55 Å². The van der Waals surface area contributed by atoms with Crippen molar-refractivity contribution in [2.45, 2.75) is 31.4 Å². The van der Waals surface area contributed by atoms with Crippen LogP contribution in [0, 0.1) is 5.82 Å². The van der Waals surface area contributed by atoms with Gasteiger partial charge in [-0.25, -0.2) is 9.37 Å². The van der Waals surface area contributed by atoms with Gasteiger partial charge < -0.3 is 15.0 Å². The predicted octanol–water partition coefficient (Wildman–Crippen LogP) is 2.50. The van der Waals surface area contributed by atoms with E-state index in [1.165, 1.54) is 12.1 Å². The Hall–Kier alpha value is -1.62. The maximum atomic E-state index is 13.3. The molecule has 1 saturated carbocycles. The fraction of sp³-hybridized carbons (Fsp3) is 0.462. The van der Waals surface area contributed by atoms with E-state index in [9.17, 15) is 4.39 Å². The Kier molecular flexibility index (Phi) is 2.70. The zero-order chi connectivity index (χ0) is 12.7. The van der Waals surface area contributed by atoms with E-state index < -0.39 is 0 Å². The van der Waals surface area contributed by atoms with Crippen LogP contribution in [0.5, 0.6) is 0 Å². The van der Waals surface area contributed by atoms with Crippen LogP contribution in [0.15, 0.2) is 18.2 Å². The summed E-state index contributed by atoms with van der Waals surface area (Å²) in [6.07, 6.45) is 3.17. The Bertz CT molecular complexity index is 581. The van der Waals surface area contributed by atoms with Crippen molar-refractivity contribution >= 4 is 17.0 Å². The summed E-state index contributed by atoms with van der Waals surface area (Å²) in [6, 6.07) is 4.83. The van der Waals surface area contributed by atoms with Crippen molar-refractivity contribution < 1.29 is 9.13 Å². The Morgan fingerprint density at radius 3 is 3.00 bits per heavy atom. The van der Waals surface area contributed by atoms with E-state index in [1.54, 1.807) is 13.2 Å². The molecule has 2 N–H and O–H groups in total. The molecule has 1 heterocycles. The van der Waals surface area contributed by atoms with Gasteiger partial charge in [0, 0.05) is 13.2 Å². The zero-order valence-corrected chi connectivity index (χ0v) is 10.3. The molecule has 0 saturated heterocycles. The summed E-state index contributed by atoms with van der Waals surface area (Å²) < 4.78 is 20.7. The summed E-state index contributed by atoms with van der Waals surface area (Å²) in [5.41, 5.74) is 7.48. The molecule has 1 aromatic heterocycles. The summed E-state index contributed by atoms with van der Waals surface area (Å²) in [6.45, 7) is 0. The highest BCUT2D eigenvalue weighted by Gasteiger charge is 2.28. The lowest BCUT2D eigenvalue weighted by molar-refractivity contribution is 0.106. The summed E-state index contributed by atoms with van der Waals surface area (Å²) in [4.78, 5) is 4.28. The highest BCUT2D eigenvalue weighted by Crippen LogP contribution is 2.35. The van der Waals surface area contributed by atoms with Crippen LogP contribution in [0.3, 0.4) is 0 Å². The molecule has 3 rings (SSSR count). The number of benzene rings is 1. The van der Waals surface area contributed by atoms with Crippen LogP contribution >= 0.6 is 0 Å². The number of hydrogen-bond acceptors (Lipinski definition) is 3. The second-order valence-electron chi connectivity index (χ2n) is 4.80. The third-order valence-electron chi connectivity index (χ3n) is 3.73. The molecule has 2 atom stereocenters. The highest BCUT2D eigenvalue weighted by atomic mass is 19.1. The highest BCUT2D eigenvalue weighted by molar-refractivity contribution is 5.78. The molecule has 18 heavy (non-hydrogen) atoms. The third kappa shape index (κ3) is 1.75. The quantitative estimate of drug-likeness (QED) is 0.889. The molecule has 0 spiro atoms. The van der Waals surface area contributed by atoms with E-state index >= 15 is 0 Å². The van der Waals surface area contributed by atoms with Gasteiger partial charge in [-0.1, -0.05) is 0 Å². The number of aromatic nitrogens is 2. The molecule has 1 aliphatic carbocycles. The van der Waals surface area contributed by atoms with Crippen molar-refractivity contribution in [3.8, 4) is 0 Å². The topological polar surface area (TPSA) is 53.1 Å². The van der Waals surface area contributed by atoms with E-state index in [0.717, 1.165) is 30.3 Å². The number of nitrogen functional groups attached to an aromatic ring is 1. The second-order valence-corrected chi connectivity index (χ2v) is 4.80. The van der Waals surface area contributed by atoms with Gasteiger partial charge in [0.15, 0.2) is 0 Å². The van der Waals surface area contributed by atoms with Gasteiger partial charge in [-0.2, -0.15) is 0 Å². The number of fused-ring (bicyclic) bond motifs is 1. The van der Waals surface area contributed by atoms with Crippen molar-refractivity contribution in [2.24, 2.45) is 0 Å². The number of nitrogens with zero attached hydrogens (tertiary/aromatic N) is 2. The number of halogens is 1. The van der Waals surface area contributed by atoms with Crippen LogP contribution < -0.4 is 5.73 Å². The van der Waals surface area contributed by atoms with Crippen LogP contribution in [-0.4, -0.2) is 22.8 Å². The molecule has 5 heteroatoms. The van der Waals surface area contributed by atoms with Crippen LogP contribution in [0.1, 0.15) is 25.3 Å². The van der Waals surface area contributed by atoms with Crippen molar-refractivity contribution in [1.29, 1.82) is 0 Å². The SMILES string of the molecule is COC1CCC(n2c(N)nc3ccc(F)cc32)C1. The Morgan fingerprint density at radius 2 is 2.28 bits per heavy atom. The molecule has 0 amide bonds. The summed E-state index contributed by atoms with van der Waals surface area (Å²) in [5.74, 6) is 0.197. The molecular formula is C13H16FN3O. The van der Waals surface area contributed by atoms with Crippen LogP contribution in [0.25, 0.3) is 11.0 Å². The number of hydrogen-bond donors (Lipinski definition) is 1. The third-order valence-corrected chi connectivity index (χ3v) is 3.73. The minimum absolute atomic E-state index is 0.252. The van der Waals surface area contributed by atoms with Gasteiger partial charge in [-0.05, 0) is 37.5 Å². The van der Waals surface area contributed by atoms with Gasteiger partial charge in [0.2, 0.25) is 5.95 Å². The van der Waals surface area contributed by atoms with Crippen molar-refractivity contribution in [3.63, 3.8) is 0 Å². The number of imidazole rings is 1.